The number of nitrogens with one attached hydrogen (secondary N) is 1. The van der Waals surface area contributed by atoms with Crippen molar-refractivity contribution in [2.45, 2.75) is 6.92 Å². The Balaban J connectivity index is 2.27. The highest BCUT2D eigenvalue weighted by Crippen LogP contribution is 2.26. The fourth-order valence-electron chi connectivity index (χ4n) is 1.85. The van der Waals surface area contributed by atoms with E-state index in [9.17, 15) is 4.79 Å². The van der Waals surface area contributed by atoms with Gasteiger partial charge in [0, 0.05) is 16.1 Å². The molecule has 1 N–H and O–H groups in total. The number of amides is 1. The number of benzene rings is 2. The first kappa shape index (κ1) is 15.4. The number of aryl methyl sites for hydroxylation is 1. The number of halogens is 1. The SMILES string of the molecule is COc1cc(OC)cc(C(=O)Nc2ccc(C)cc2Br)c1. The van der Waals surface area contributed by atoms with E-state index >= 15 is 0 Å². The molecular formula is C16H16BrNO3. The van der Waals surface area contributed by atoms with E-state index in [4.69, 9.17) is 9.47 Å². The monoisotopic (exact) mass is 349 g/mol. The molecule has 0 saturated heterocycles. The van der Waals surface area contributed by atoms with Crippen LogP contribution in [0.5, 0.6) is 11.5 Å². The summed E-state index contributed by atoms with van der Waals surface area (Å²) in [6, 6.07) is 10.8. The van der Waals surface area contributed by atoms with Crippen molar-refractivity contribution in [3.05, 3.63) is 52.0 Å². The summed E-state index contributed by atoms with van der Waals surface area (Å²) < 4.78 is 11.2. The van der Waals surface area contributed by atoms with Gasteiger partial charge in [0.05, 0.1) is 19.9 Å². The van der Waals surface area contributed by atoms with Gasteiger partial charge in [0.2, 0.25) is 0 Å². The lowest BCUT2D eigenvalue weighted by molar-refractivity contribution is 0.102. The van der Waals surface area contributed by atoms with E-state index in [1.165, 1.54) is 0 Å². The number of anilines is 1. The summed E-state index contributed by atoms with van der Waals surface area (Å²) in [7, 11) is 3.10. The molecule has 0 unspecified atom stereocenters. The number of methoxy groups -OCH3 is 2. The minimum atomic E-state index is -0.225. The zero-order valence-electron chi connectivity index (χ0n) is 12.1. The third-order valence-electron chi connectivity index (χ3n) is 2.99. The van der Waals surface area contributed by atoms with E-state index in [0.29, 0.717) is 22.7 Å². The fraction of sp³-hybridized carbons (Fsp3) is 0.188. The topological polar surface area (TPSA) is 47.6 Å². The number of rotatable bonds is 4. The Kier molecular flexibility index (Phi) is 4.85. The first-order valence-electron chi connectivity index (χ1n) is 6.34. The molecule has 4 nitrogen and oxygen atoms in total. The Bertz CT molecular complexity index is 648. The second kappa shape index (κ2) is 6.63. The highest BCUT2D eigenvalue weighted by Gasteiger charge is 2.11. The van der Waals surface area contributed by atoms with Gasteiger partial charge in [-0.25, -0.2) is 0 Å². The molecule has 5 heteroatoms. The van der Waals surface area contributed by atoms with Crippen LogP contribution in [-0.4, -0.2) is 20.1 Å². The van der Waals surface area contributed by atoms with E-state index in [2.05, 4.69) is 21.2 Å². The van der Waals surface area contributed by atoms with Gasteiger partial charge in [-0.2, -0.15) is 0 Å². The van der Waals surface area contributed by atoms with Crippen molar-refractivity contribution >= 4 is 27.5 Å². The van der Waals surface area contributed by atoms with E-state index in [1.807, 2.05) is 25.1 Å². The third-order valence-corrected chi connectivity index (χ3v) is 3.64. The molecule has 110 valence electrons. The summed E-state index contributed by atoms with van der Waals surface area (Å²) in [4.78, 5) is 12.3. The largest absolute Gasteiger partial charge is 0.497 e. The van der Waals surface area contributed by atoms with Gasteiger partial charge in [0.1, 0.15) is 11.5 Å². The molecule has 21 heavy (non-hydrogen) atoms. The van der Waals surface area contributed by atoms with E-state index < -0.39 is 0 Å². The molecule has 0 aliphatic rings. The van der Waals surface area contributed by atoms with Crippen LogP contribution in [-0.2, 0) is 0 Å². The molecule has 0 spiro atoms. The number of ether oxygens (including phenoxy) is 2. The lowest BCUT2D eigenvalue weighted by Gasteiger charge is -2.10. The first-order chi connectivity index (χ1) is 10.0. The summed E-state index contributed by atoms with van der Waals surface area (Å²) in [5.74, 6) is 0.918. The molecule has 0 aliphatic carbocycles. The first-order valence-corrected chi connectivity index (χ1v) is 7.13. The minimum Gasteiger partial charge on any atom is -0.497 e. The van der Waals surface area contributed by atoms with Gasteiger partial charge >= 0.3 is 0 Å². The molecule has 0 radical (unpaired) electrons. The second-order valence-electron chi connectivity index (χ2n) is 4.54. The maximum atomic E-state index is 12.3. The van der Waals surface area contributed by atoms with Crippen LogP contribution < -0.4 is 14.8 Å². The molecule has 0 atom stereocenters. The number of carbonyl (C=O) groups excluding carboxylic acids is 1. The van der Waals surface area contributed by atoms with Gasteiger partial charge in [0.15, 0.2) is 0 Å². The Morgan fingerprint density at radius 2 is 1.67 bits per heavy atom. The van der Waals surface area contributed by atoms with Crippen molar-refractivity contribution in [2.24, 2.45) is 0 Å². The molecule has 2 aromatic carbocycles. The van der Waals surface area contributed by atoms with E-state index in [-0.39, 0.29) is 5.91 Å². The Morgan fingerprint density at radius 1 is 1.05 bits per heavy atom. The van der Waals surface area contributed by atoms with Crippen LogP contribution >= 0.6 is 15.9 Å². The van der Waals surface area contributed by atoms with Gasteiger partial charge in [-0.05, 0) is 52.7 Å². The molecular weight excluding hydrogens is 334 g/mol. The van der Waals surface area contributed by atoms with Gasteiger partial charge in [-0.3, -0.25) is 4.79 Å². The van der Waals surface area contributed by atoms with Crippen molar-refractivity contribution in [1.82, 2.24) is 0 Å². The zero-order valence-corrected chi connectivity index (χ0v) is 13.7. The Labute approximate surface area is 132 Å². The minimum absolute atomic E-state index is 0.225. The predicted molar refractivity (Wildman–Crippen MR) is 86.4 cm³/mol. The molecule has 1 amide bonds. The maximum Gasteiger partial charge on any atom is 0.255 e. The van der Waals surface area contributed by atoms with Gasteiger partial charge in [-0.15, -0.1) is 0 Å². The normalized spacial score (nSPS) is 10.1. The van der Waals surface area contributed by atoms with Crippen LogP contribution in [0, 0.1) is 6.92 Å². The quantitative estimate of drug-likeness (QED) is 0.906. The van der Waals surface area contributed by atoms with Crippen LogP contribution in [0.3, 0.4) is 0 Å². The van der Waals surface area contributed by atoms with Crippen molar-refractivity contribution < 1.29 is 14.3 Å². The van der Waals surface area contributed by atoms with Crippen molar-refractivity contribution in [3.8, 4) is 11.5 Å². The predicted octanol–water partition coefficient (Wildman–Crippen LogP) is 4.03. The van der Waals surface area contributed by atoms with Gasteiger partial charge in [0.25, 0.3) is 5.91 Å². The number of hydrogen-bond donors (Lipinski definition) is 1. The van der Waals surface area contributed by atoms with Crippen LogP contribution in [0.25, 0.3) is 0 Å². The van der Waals surface area contributed by atoms with Crippen molar-refractivity contribution in [2.75, 3.05) is 19.5 Å². The molecule has 0 aliphatic heterocycles. The van der Waals surface area contributed by atoms with E-state index in [1.54, 1.807) is 32.4 Å². The van der Waals surface area contributed by atoms with E-state index in [0.717, 1.165) is 10.0 Å². The van der Waals surface area contributed by atoms with Crippen LogP contribution in [0.4, 0.5) is 5.69 Å². The van der Waals surface area contributed by atoms with Gasteiger partial charge in [-0.1, -0.05) is 6.07 Å². The Morgan fingerprint density at radius 3 is 2.19 bits per heavy atom. The third kappa shape index (κ3) is 3.76. The maximum absolute atomic E-state index is 12.3. The zero-order chi connectivity index (χ0) is 15.4. The molecule has 2 rings (SSSR count). The highest BCUT2D eigenvalue weighted by molar-refractivity contribution is 9.10. The molecule has 0 aromatic heterocycles. The summed E-state index contributed by atoms with van der Waals surface area (Å²) in [6.45, 7) is 1.99. The summed E-state index contributed by atoms with van der Waals surface area (Å²) in [5, 5.41) is 2.86. The van der Waals surface area contributed by atoms with Crippen LogP contribution in [0.1, 0.15) is 15.9 Å². The Hall–Kier alpha value is -2.01. The second-order valence-corrected chi connectivity index (χ2v) is 5.39. The standard InChI is InChI=1S/C16H16BrNO3/c1-10-4-5-15(14(17)6-10)18-16(19)11-7-12(20-2)9-13(8-11)21-3/h4-9H,1-3H3,(H,18,19). The molecule has 0 bridgehead atoms. The fourth-order valence-corrected chi connectivity index (χ4v) is 2.45. The average molecular weight is 350 g/mol. The number of hydrogen-bond acceptors (Lipinski definition) is 3. The summed E-state index contributed by atoms with van der Waals surface area (Å²) in [6.07, 6.45) is 0. The van der Waals surface area contributed by atoms with Crippen LogP contribution in [0.2, 0.25) is 0 Å². The smallest absolute Gasteiger partial charge is 0.255 e. The molecule has 0 heterocycles. The molecule has 0 fully saturated rings. The van der Waals surface area contributed by atoms with Gasteiger partial charge < -0.3 is 14.8 Å². The average Bonchev–Trinajstić information content (AvgIpc) is 2.49. The lowest BCUT2D eigenvalue weighted by atomic mass is 10.1. The lowest BCUT2D eigenvalue weighted by Crippen LogP contribution is -2.12. The van der Waals surface area contributed by atoms with Crippen molar-refractivity contribution in [3.63, 3.8) is 0 Å². The number of carbonyl (C=O) groups is 1. The van der Waals surface area contributed by atoms with Crippen molar-refractivity contribution in [1.29, 1.82) is 0 Å². The molecule has 0 saturated carbocycles. The summed E-state index contributed by atoms with van der Waals surface area (Å²) >= 11 is 3.44. The van der Waals surface area contributed by atoms with Crippen LogP contribution in [0.15, 0.2) is 40.9 Å². The highest BCUT2D eigenvalue weighted by atomic mass is 79.9. The summed E-state index contributed by atoms with van der Waals surface area (Å²) in [5.41, 5.74) is 2.30. The molecule has 2 aromatic rings.